The summed E-state index contributed by atoms with van der Waals surface area (Å²) in [7, 11) is 0. The summed E-state index contributed by atoms with van der Waals surface area (Å²) in [5, 5.41) is 8.92. The van der Waals surface area contributed by atoms with Crippen molar-refractivity contribution in [1.29, 1.82) is 0 Å². The smallest absolute Gasteiger partial charge is 0.394 e. The van der Waals surface area contributed by atoms with Gasteiger partial charge in [0.2, 0.25) is 6.04 Å². The largest absolute Gasteiger partial charge is 0.418 e. The number of hydrogen-bond acceptors (Lipinski definition) is 3. The zero-order chi connectivity index (χ0) is 14.2. The SMILES string of the molecule is CC(C)N1C(=O)C(C(F)(F)F)N(C(C)CO)C1=O. The number of aliphatic hydroxyl groups is 1. The maximum atomic E-state index is 12.8. The van der Waals surface area contributed by atoms with Crippen molar-refractivity contribution in [2.24, 2.45) is 0 Å². The maximum absolute atomic E-state index is 12.8. The van der Waals surface area contributed by atoms with Crippen LogP contribution in [0.25, 0.3) is 0 Å². The number of carbonyl (C=O) groups excluding carboxylic acids is 2. The topological polar surface area (TPSA) is 60.9 Å². The number of carbonyl (C=O) groups is 2. The molecule has 1 heterocycles. The number of rotatable bonds is 3. The van der Waals surface area contributed by atoms with Crippen LogP contribution in [0.2, 0.25) is 0 Å². The van der Waals surface area contributed by atoms with Crippen molar-refractivity contribution < 1.29 is 27.9 Å². The molecule has 5 nitrogen and oxygen atoms in total. The van der Waals surface area contributed by atoms with Gasteiger partial charge in [-0.25, -0.2) is 4.79 Å². The van der Waals surface area contributed by atoms with Crippen LogP contribution in [0.15, 0.2) is 0 Å². The molecule has 1 rings (SSSR count). The van der Waals surface area contributed by atoms with Gasteiger partial charge in [-0.3, -0.25) is 14.6 Å². The quantitative estimate of drug-likeness (QED) is 0.776. The minimum atomic E-state index is -4.85. The Morgan fingerprint density at radius 2 is 1.78 bits per heavy atom. The summed E-state index contributed by atoms with van der Waals surface area (Å²) in [6.07, 6.45) is -4.85. The lowest BCUT2D eigenvalue weighted by atomic mass is 10.2. The molecule has 1 N–H and O–H groups in total. The summed E-state index contributed by atoms with van der Waals surface area (Å²) in [6, 6.07) is -5.25. The molecular weight excluding hydrogens is 253 g/mol. The van der Waals surface area contributed by atoms with Crippen LogP contribution in [0.3, 0.4) is 0 Å². The van der Waals surface area contributed by atoms with E-state index >= 15 is 0 Å². The highest BCUT2D eigenvalue weighted by atomic mass is 19.4. The third-order valence-electron chi connectivity index (χ3n) is 2.74. The van der Waals surface area contributed by atoms with Crippen molar-refractivity contribution in [2.75, 3.05) is 6.61 Å². The van der Waals surface area contributed by atoms with Crippen molar-refractivity contribution in [1.82, 2.24) is 9.80 Å². The van der Waals surface area contributed by atoms with Crippen molar-refractivity contribution in [3.8, 4) is 0 Å². The van der Waals surface area contributed by atoms with E-state index in [2.05, 4.69) is 0 Å². The van der Waals surface area contributed by atoms with E-state index < -0.39 is 42.8 Å². The zero-order valence-corrected chi connectivity index (χ0v) is 10.2. The van der Waals surface area contributed by atoms with E-state index in [0.717, 1.165) is 0 Å². The molecule has 3 amide bonds. The van der Waals surface area contributed by atoms with E-state index in [1.165, 1.54) is 20.8 Å². The van der Waals surface area contributed by atoms with E-state index in [1.807, 2.05) is 0 Å². The average Bonchev–Trinajstić information content (AvgIpc) is 2.48. The van der Waals surface area contributed by atoms with Crippen LogP contribution in [-0.4, -0.2) is 57.8 Å². The maximum Gasteiger partial charge on any atom is 0.418 e. The lowest BCUT2D eigenvalue weighted by Gasteiger charge is -2.28. The first kappa shape index (κ1) is 14.7. The Labute approximate surface area is 102 Å². The monoisotopic (exact) mass is 268 g/mol. The standard InChI is InChI=1S/C10H15F3N2O3/c1-5(2)14-8(17)7(10(11,12)13)15(9(14)18)6(3)4-16/h5-7,16H,4H2,1-3H3. The Bertz CT molecular complexity index is 357. The Balaban J connectivity index is 3.21. The predicted molar refractivity (Wildman–Crippen MR) is 55.6 cm³/mol. The normalized spacial score (nSPS) is 23.2. The number of halogens is 3. The third-order valence-corrected chi connectivity index (χ3v) is 2.74. The number of imide groups is 1. The molecule has 2 unspecified atom stereocenters. The van der Waals surface area contributed by atoms with E-state index in [-0.39, 0.29) is 0 Å². The fraction of sp³-hybridized carbons (Fsp3) is 0.800. The number of hydrogen-bond donors (Lipinski definition) is 1. The van der Waals surface area contributed by atoms with E-state index in [9.17, 15) is 22.8 Å². The molecule has 0 saturated carbocycles. The molecular formula is C10H15F3N2O3. The number of nitrogens with zero attached hydrogens (tertiary/aromatic N) is 2. The van der Waals surface area contributed by atoms with Gasteiger partial charge in [-0.15, -0.1) is 0 Å². The molecule has 8 heteroatoms. The van der Waals surface area contributed by atoms with Crippen LogP contribution >= 0.6 is 0 Å². The molecule has 0 aromatic rings. The first-order chi connectivity index (χ1) is 8.12. The second-order valence-electron chi connectivity index (χ2n) is 4.47. The van der Waals surface area contributed by atoms with Gasteiger partial charge in [-0.05, 0) is 20.8 Å². The zero-order valence-electron chi connectivity index (χ0n) is 10.2. The molecule has 0 aromatic carbocycles. The van der Waals surface area contributed by atoms with Crippen LogP contribution in [0.5, 0.6) is 0 Å². The van der Waals surface area contributed by atoms with Crippen LogP contribution in [0.4, 0.5) is 18.0 Å². The molecule has 1 aliphatic rings. The highest BCUT2D eigenvalue weighted by Gasteiger charge is 2.60. The van der Waals surface area contributed by atoms with Crippen LogP contribution in [0, 0.1) is 0 Å². The highest BCUT2D eigenvalue weighted by Crippen LogP contribution is 2.34. The van der Waals surface area contributed by atoms with Gasteiger partial charge in [0, 0.05) is 6.04 Å². The molecule has 0 spiro atoms. The van der Waals surface area contributed by atoms with E-state index in [0.29, 0.717) is 9.80 Å². The van der Waals surface area contributed by atoms with Crippen LogP contribution in [-0.2, 0) is 4.79 Å². The van der Waals surface area contributed by atoms with Gasteiger partial charge in [0.15, 0.2) is 0 Å². The van der Waals surface area contributed by atoms with Gasteiger partial charge in [0.25, 0.3) is 5.91 Å². The molecule has 104 valence electrons. The van der Waals surface area contributed by atoms with Gasteiger partial charge >= 0.3 is 12.2 Å². The van der Waals surface area contributed by atoms with Gasteiger partial charge in [-0.2, -0.15) is 13.2 Å². The molecule has 0 aromatic heterocycles. The fourth-order valence-electron chi connectivity index (χ4n) is 1.88. The van der Waals surface area contributed by atoms with Crippen molar-refractivity contribution in [3.05, 3.63) is 0 Å². The number of aliphatic hydroxyl groups excluding tert-OH is 1. The second-order valence-corrected chi connectivity index (χ2v) is 4.47. The van der Waals surface area contributed by atoms with Gasteiger partial charge in [-0.1, -0.05) is 0 Å². The molecule has 18 heavy (non-hydrogen) atoms. The first-order valence-corrected chi connectivity index (χ1v) is 5.45. The molecule has 2 atom stereocenters. The summed E-state index contributed by atoms with van der Waals surface area (Å²) in [6.45, 7) is 3.53. The fourth-order valence-corrected chi connectivity index (χ4v) is 1.88. The minimum absolute atomic E-state index is 0.391. The van der Waals surface area contributed by atoms with Crippen molar-refractivity contribution in [3.63, 3.8) is 0 Å². The van der Waals surface area contributed by atoms with Gasteiger partial charge in [0.1, 0.15) is 0 Å². The number of urea groups is 1. The summed E-state index contributed by atoms with van der Waals surface area (Å²) >= 11 is 0. The summed E-state index contributed by atoms with van der Waals surface area (Å²) < 4.78 is 38.5. The summed E-state index contributed by atoms with van der Waals surface area (Å²) in [5.74, 6) is -1.29. The first-order valence-electron chi connectivity index (χ1n) is 5.45. The third kappa shape index (κ3) is 2.29. The summed E-state index contributed by atoms with van der Waals surface area (Å²) in [4.78, 5) is 24.5. The second kappa shape index (κ2) is 4.75. The van der Waals surface area contributed by atoms with E-state index in [4.69, 9.17) is 5.11 Å². The minimum Gasteiger partial charge on any atom is -0.394 e. The van der Waals surface area contributed by atoms with Crippen molar-refractivity contribution in [2.45, 2.75) is 45.1 Å². The lowest BCUT2D eigenvalue weighted by molar-refractivity contribution is -0.182. The highest BCUT2D eigenvalue weighted by molar-refractivity contribution is 6.05. The van der Waals surface area contributed by atoms with Crippen LogP contribution < -0.4 is 0 Å². The molecule has 1 fully saturated rings. The van der Waals surface area contributed by atoms with E-state index in [1.54, 1.807) is 0 Å². The molecule has 0 radical (unpaired) electrons. The Kier molecular flexibility index (Phi) is 3.89. The van der Waals surface area contributed by atoms with Gasteiger partial charge in [0.05, 0.1) is 12.6 Å². The Morgan fingerprint density at radius 1 is 1.28 bits per heavy atom. The average molecular weight is 268 g/mol. The predicted octanol–water partition coefficient (Wildman–Crippen LogP) is 0.971. The molecule has 1 saturated heterocycles. The Hall–Kier alpha value is -1.31. The Morgan fingerprint density at radius 3 is 2.11 bits per heavy atom. The van der Waals surface area contributed by atoms with Gasteiger partial charge < -0.3 is 5.11 Å². The summed E-state index contributed by atoms with van der Waals surface area (Å²) in [5.41, 5.74) is 0. The number of alkyl halides is 3. The molecule has 1 aliphatic heterocycles. The molecule has 0 aliphatic carbocycles. The molecule has 0 bridgehead atoms. The van der Waals surface area contributed by atoms with Crippen LogP contribution in [0.1, 0.15) is 20.8 Å². The number of amides is 3. The lowest BCUT2D eigenvalue weighted by Crippen LogP contribution is -2.50. The van der Waals surface area contributed by atoms with Crippen molar-refractivity contribution >= 4 is 11.9 Å².